The Morgan fingerprint density at radius 2 is 1.71 bits per heavy atom. The van der Waals surface area contributed by atoms with Crippen LogP contribution in [0.15, 0.2) is 54.7 Å². The number of carbonyl (C=O) groups is 1. The molecule has 0 saturated heterocycles. The van der Waals surface area contributed by atoms with Crippen LogP contribution in [0.25, 0.3) is 10.9 Å². The second kappa shape index (κ2) is 9.42. The number of aromatic amines is 1. The molecule has 0 spiro atoms. The Morgan fingerprint density at radius 1 is 0.964 bits per heavy atom. The molecule has 1 heterocycles. The highest BCUT2D eigenvalue weighted by Gasteiger charge is 2.16. The van der Waals surface area contributed by atoms with Crippen molar-refractivity contribution in [3.05, 3.63) is 60.3 Å². The van der Waals surface area contributed by atoms with Gasteiger partial charge in [0.1, 0.15) is 12.4 Å². The number of hydrogen-bond donors (Lipinski definition) is 1. The zero-order valence-electron chi connectivity index (χ0n) is 16.9. The van der Waals surface area contributed by atoms with E-state index in [0.29, 0.717) is 18.7 Å². The van der Waals surface area contributed by atoms with Crippen LogP contribution in [0.2, 0.25) is 0 Å². The lowest BCUT2D eigenvalue weighted by atomic mass is 10.1. The van der Waals surface area contributed by atoms with Gasteiger partial charge in [0.05, 0.1) is 0 Å². The third-order valence-electron chi connectivity index (χ3n) is 5.08. The SMILES string of the molecule is CCN(CC)CCOc1ccc(C(=O)N(CC)c2ccc3[nH]ccc3c2)cc1. The van der Waals surface area contributed by atoms with Gasteiger partial charge in [0.25, 0.3) is 5.91 Å². The zero-order chi connectivity index (χ0) is 19.9. The van der Waals surface area contributed by atoms with Crippen LogP contribution in [0.5, 0.6) is 5.75 Å². The fraction of sp³-hybridized carbons (Fsp3) is 0.348. The highest BCUT2D eigenvalue weighted by atomic mass is 16.5. The third-order valence-corrected chi connectivity index (χ3v) is 5.08. The van der Waals surface area contributed by atoms with Gasteiger partial charge in [-0.25, -0.2) is 0 Å². The van der Waals surface area contributed by atoms with Crippen molar-refractivity contribution >= 4 is 22.5 Å². The van der Waals surface area contributed by atoms with Gasteiger partial charge in [-0.1, -0.05) is 13.8 Å². The number of aromatic nitrogens is 1. The molecule has 1 N–H and O–H groups in total. The number of ether oxygens (including phenoxy) is 1. The summed E-state index contributed by atoms with van der Waals surface area (Å²) >= 11 is 0. The minimum Gasteiger partial charge on any atom is -0.492 e. The maximum absolute atomic E-state index is 13.0. The average Bonchev–Trinajstić information content (AvgIpc) is 3.20. The molecular formula is C23H29N3O2. The number of benzene rings is 2. The molecule has 0 aliphatic carbocycles. The summed E-state index contributed by atoms with van der Waals surface area (Å²) in [7, 11) is 0. The van der Waals surface area contributed by atoms with Crippen LogP contribution in [-0.4, -0.2) is 48.6 Å². The normalized spacial score (nSPS) is 11.1. The van der Waals surface area contributed by atoms with E-state index in [-0.39, 0.29) is 5.91 Å². The first kappa shape index (κ1) is 20.0. The van der Waals surface area contributed by atoms with Gasteiger partial charge in [0.2, 0.25) is 0 Å². The van der Waals surface area contributed by atoms with E-state index in [1.807, 2.05) is 61.7 Å². The molecule has 0 aliphatic rings. The smallest absolute Gasteiger partial charge is 0.258 e. The lowest BCUT2D eigenvalue weighted by Gasteiger charge is -2.21. The van der Waals surface area contributed by atoms with Gasteiger partial charge in [0.15, 0.2) is 0 Å². The molecule has 5 heteroatoms. The fourth-order valence-electron chi connectivity index (χ4n) is 3.33. The number of rotatable bonds is 9. The largest absolute Gasteiger partial charge is 0.492 e. The summed E-state index contributed by atoms with van der Waals surface area (Å²) in [5.41, 5.74) is 2.63. The van der Waals surface area contributed by atoms with Crippen LogP contribution < -0.4 is 9.64 Å². The fourth-order valence-corrected chi connectivity index (χ4v) is 3.33. The number of hydrogen-bond acceptors (Lipinski definition) is 3. The number of amides is 1. The van der Waals surface area contributed by atoms with Crippen LogP contribution in [0.3, 0.4) is 0 Å². The van der Waals surface area contributed by atoms with Gasteiger partial charge in [-0.15, -0.1) is 0 Å². The first-order valence-electron chi connectivity index (χ1n) is 10.0. The third kappa shape index (κ3) is 4.54. The monoisotopic (exact) mass is 379 g/mol. The molecule has 0 aliphatic heterocycles. The molecule has 0 bridgehead atoms. The Kier molecular flexibility index (Phi) is 6.71. The number of nitrogens with zero attached hydrogens (tertiary/aromatic N) is 2. The number of nitrogens with one attached hydrogen (secondary N) is 1. The number of fused-ring (bicyclic) bond motifs is 1. The predicted molar refractivity (Wildman–Crippen MR) is 115 cm³/mol. The van der Waals surface area contributed by atoms with Crippen molar-refractivity contribution < 1.29 is 9.53 Å². The molecule has 5 nitrogen and oxygen atoms in total. The molecule has 0 saturated carbocycles. The number of carbonyl (C=O) groups excluding carboxylic acids is 1. The van der Waals surface area contributed by atoms with Crippen molar-refractivity contribution in [1.82, 2.24) is 9.88 Å². The predicted octanol–water partition coefficient (Wildman–Crippen LogP) is 4.56. The van der Waals surface area contributed by atoms with Gasteiger partial charge < -0.3 is 19.5 Å². The molecule has 0 atom stereocenters. The topological polar surface area (TPSA) is 48.6 Å². The Bertz CT molecular complexity index is 898. The summed E-state index contributed by atoms with van der Waals surface area (Å²) in [6.45, 7) is 10.5. The lowest BCUT2D eigenvalue weighted by molar-refractivity contribution is 0.0988. The second-order valence-electron chi connectivity index (χ2n) is 6.70. The van der Waals surface area contributed by atoms with Crippen molar-refractivity contribution in [3.63, 3.8) is 0 Å². The van der Waals surface area contributed by atoms with Crippen LogP contribution in [0.4, 0.5) is 5.69 Å². The van der Waals surface area contributed by atoms with Gasteiger partial charge in [0, 0.05) is 41.4 Å². The molecule has 3 rings (SSSR count). The van der Waals surface area contributed by atoms with Gasteiger partial charge in [-0.3, -0.25) is 4.79 Å². The summed E-state index contributed by atoms with van der Waals surface area (Å²) in [4.78, 5) is 20.3. The van der Waals surface area contributed by atoms with Crippen LogP contribution in [0.1, 0.15) is 31.1 Å². The molecule has 28 heavy (non-hydrogen) atoms. The van der Waals surface area contributed by atoms with Gasteiger partial charge in [-0.2, -0.15) is 0 Å². The second-order valence-corrected chi connectivity index (χ2v) is 6.70. The van der Waals surface area contributed by atoms with E-state index in [1.54, 1.807) is 4.90 Å². The minimum atomic E-state index is -0.00734. The molecule has 1 amide bonds. The van der Waals surface area contributed by atoms with Crippen LogP contribution >= 0.6 is 0 Å². The zero-order valence-corrected chi connectivity index (χ0v) is 16.9. The van der Waals surface area contributed by atoms with Crippen LogP contribution in [0, 0.1) is 0 Å². The molecule has 0 radical (unpaired) electrons. The highest BCUT2D eigenvalue weighted by Crippen LogP contribution is 2.23. The Balaban J connectivity index is 1.66. The minimum absolute atomic E-state index is 0.00734. The molecule has 2 aromatic carbocycles. The summed E-state index contributed by atoms with van der Waals surface area (Å²) in [5.74, 6) is 0.785. The highest BCUT2D eigenvalue weighted by molar-refractivity contribution is 6.06. The maximum Gasteiger partial charge on any atom is 0.258 e. The molecule has 148 valence electrons. The Labute approximate surface area is 166 Å². The molecule has 0 unspecified atom stereocenters. The Hall–Kier alpha value is -2.79. The number of anilines is 1. The average molecular weight is 380 g/mol. The quantitative estimate of drug-likeness (QED) is 0.593. The lowest BCUT2D eigenvalue weighted by Crippen LogP contribution is -2.30. The van der Waals surface area contributed by atoms with Crippen molar-refractivity contribution in [1.29, 1.82) is 0 Å². The first-order chi connectivity index (χ1) is 13.7. The first-order valence-corrected chi connectivity index (χ1v) is 10.0. The van der Waals surface area contributed by atoms with E-state index >= 15 is 0 Å². The van der Waals surface area contributed by atoms with Crippen molar-refractivity contribution in [2.24, 2.45) is 0 Å². The van der Waals surface area contributed by atoms with E-state index in [4.69, 9.17) is 4.74 Å². The van der Waals surface area contributed by atoms with E-state index in [9.17, 15) is 4.79 Å². The van der Waals surface area contributed by atoms with Crippen molar-refractivity contribution in [2.45, 2.75) is 20.8 Å². The molecule has 1 aromatic heterocycles. The van der Waals surface area contributed by atoms with Gasteiger partial charge >= 0.3 is 0 Å². The maximum atomic E-state index is 13.0. The van der Waals surface area contributed by atoms with Crippen LogP contribution in [-0.2, 0) is 0 Å². The summed E-state index contributed by atoms with van der Waals surface area (Å²) < 4.78 is 5.82. The standard InChI is InChI=1S/C23H29N3O2/c1-4-25(5-2)15-16-28-21-10-7-18(8-11-21)23(27)26(6-3)20-9-12-22-19(17-20)13-14-24-22/h7-14,17,24H,4-6,15-16H2,1-3H3. The van der Waals surface area contributed by atoms with E-state index in [1.165, 1.54) is 0 Å². The van der Waals surface area contributed by atoms with E-state index in [2.05, 4.69) is 23.7 Å². The summed E-state index contributed by atoms with van der Waals surface area (Å²) in [5, 5.41) is 1.10. The number of likely N-dealkylation sites (N-methyl/N-ethyl adjacent to an activating group) is 1. The molecular weight excluding hydrogens is 350 g/mol. The summed E-state index contributed by atoms with van der Waals surface area (Å²) in [6, 6.07) is 15.5. The van der Waals surface area contributed by atoms with Crippen molar-refractivity contribution in [3.8, 4) is 5.75 Å². The summed E-state index contributed by atoms with van der Waals surface area (Å²) in [6.07, 6.45) is 1.91. The molecule has 3 aromatic rings. The van der Waals surface area contributed by atoms with E-state index < -0.39 is 0 Å². The van der Waals surface area contributed by atoms with Crippen molar-refractivity contribution in [2.75, 3.05) is 37.7 Å². The Morgan fingerprint density at radius 3 is 2.39 bits per heavy atom. The van der Waals surface area contributed by atoms with E-state index in [0.717, 1.165) is 42.0 Å². The van der Waals surface area contributed by atoms with Gasteiger partial charge in [-0.05, 0) is 68.5 Å². The molecule has 0 fully saturated rings. The number of H-pyrrole nitrogens is 1.